The number of aromatic nitrogens is 3. The second-order valence-electron chi connectivity index (χ2n) is 7.20. The largest absolute Gasteiger partial charge is 0.497 e. The second-order valence-corrected chi connectivity index (χ2v) is 8.14. The third kappa shape index (κ3) is 5.67. The molecule has 4 aromatic rings. The quantitative estimate of drug-likeness (QED) is 0.239. The molecule has 0 aliphatic carbocycles. The smallest absolute Gasteiger partial charge is 0.250 e. The number of nitrogens with one attached hydrogen (secondary N) is 1. The maximum atomic E-state index is 12.4. The van der Waals surface area contributed by atoms with Crippen molar-refractivity contribution in [2.24, 2.45) is 5.10 Å². The number of carbonyl (C=O) groups excluding carboxylic acids is 1. The van der Waals surface area contributed by atoms with Gasteiger partial charge in [-0.25, -0.2) is 5.43 Å². The highest BCUT2D eigenvalue weighted by Crippen LogP contribution is 2.28. The van der Waals surface area contributed by atoms with Crippen LogP contribution in [-0.4, -0.2) is 39.7 Å². The molecular formula is C25H23N5O2S. The third-order valence-corrected chi connectivity index (χ3v) is 5.70. The number of thioether (sulfide) groups is 1. The van der Waals surface area contributed by atoms with E-state index >= 15 is 0 Å². The van der Waals surface area contributed by atoms with Crippen molar-refractivity contribution in [2.75, 3.05) is 12.9 Å². The Balaban J connectivity index is 1.50. The lowest BCUT2D eigenvalue weighted by Gasteiger charge is -2.10. The van der Waals surface area contributed by atoms with Crippen LogP contribution in [0.2, 0.25) is 0 Å². The standard InChI is InChI=1S/C25H23N5O2S/c1-18-7-6-8-19(15-18)16-26-27-23(31)17-33-25-29-28-24(20-11-13-22(32-2)14-12-20)30(25)21-9-4-3-5-10-21/h3-16H,17H2,1-2H3,(H,27,31)/b26-16-. The maximum Gasteiger partial charge on any atom is 0.250 e. The molecule has 0 saturated carbocycles. The monoisotopic (exact) mass is 457 g/mol. The van der Waals surface area contributed by atoms with Crippen molar-refractivity contribution < 1.29 is 9.53 Å². The molecule has 0 aliphatic rings. The molecule has 33 heavy (non-hydrogen) atoms. The zero-order chi connectivity index (χ0) is 23.0. The Morgan fingerprint density at radius 3 is 2.58 bits per heavy atom. The lowest BCUT2D eigenvalue weighted by molar-refractivity contribution is -0.118. The van der Waals surface area contributed by atoms with Gasteiger partial charge in [0.1, 0.15) is 5.75 Å². The Hall–Kier alpha value is -3.91. The van der Waals surface area contributed by atoms with E-state index in [1.54, 1.807) is 13.3 Å². The van der Waals surface area contributed by atoms with E-state index in [-0.39, 0.29) is 11.7 Å². The van der Waals surface area contributed by atoms with Crippen LogP contribution in [-0.2, 0) is 4.79 Å². The molecule has 4 rings (SSSR count). The van der Waals surface area contributed by atoms with E-state index in [9.17, 15) is 4.79 Å². The van der Waals surface area contributed by atoms with Crippen LogP contribution in [0.3, 0.4) is 0 Å². The third-order valence-electron chi connectivity index (χ3n) is 4.77. The van der Waals surface area contributed by atoms with Gasteiger partial charge in [-0.05, 0) is 48.9 Å². The number of amides is 1. The first-order chi connectivity index (χ1) is 16.1. The van der Waals surface area contributed by atoms with Crippen molar-refractivity contribution in [3.05, 3.63) is 90.0 Å². The first-order valence-electron chi connectivity index (χ1n) is 10.3. The van der Waals surface area contributed by atoms with E-state index in [0.717, 1.165) is 28.1 Å². The van der Waals surface area contributed by atoms with E-state index in [1.165, 1.54) is 11.8 Å². The summed E-state index contributed by atoms with van der Waals surface area (Å²) in [6, 6.07) is 25.3. The lowest BCUT2D eigenvalue weighted by Crippen LogP contribution is -2.20. The van der Waals surface area contributed by atoms with E-state index in [0.29, 0.717) is 11.0 Å². The van der Waals surface area contributed by atoms with E-state index in [2.05, 4.69) is 20.7 Å². The number of ether oxygens (including phenoxy) is 1. The normalized spacial score (nSPS) is 11.0. The van der Waals surface area contributed by atoms with Gasteiger partial charge in [0.15, 0.2) is 11.0 Å². The summed E-state index contributed by atoms with van der Waals surface area (Å²) in [4.78, 5) is 12.4. The SMILES string of the molecule is COc1ccc(-c2nnc(SCC(=O)N/N=C\c3cccc(C)c3)n2-c2ccccc2)cc1. The molecule has 0 spiro atoms. The number of nitrogens with zero attached hydrogens (tertiary/aromatic N) is 4. The Bertz CT molecular complexity index is 1250. The molecule has 0 saturated heterocycles. The van der Waals surface area contributed by atoms with Gasteiger partial charge in [0.25, 0.3) is 5.91 Å². The van der Waals surface area contributed by atoms with Gasteiger partial charge in [-0.3, -0.25) is 9.36 Å². The molecule has 0 fully saturated rings. The van der Waals surface area contributed by atoms with Gasteiger partial charge < -0.3 is 4.74 Å². The predicted octanol–water partition coefficient (Wildman–Crippen LogP) is 4.49. The molecule has 166 valence electrons. The fourth-order valence-electron chi connectivity index (χ4n) is 3.19. The molecule has 1 heterocycles. The molecule has 0 aliphatic heterocycles. The average Bonchev–Trinajstić information content (AvgIpc) is 3.27. The van der Waals surface area contributed by atoms with Crippen molar-refractivity contribution in [1.29, 1.82) is 0 Å². The minimum atomic E-state index is -0.225. The second kappa shape index (κ2) is 10.6. The van der Waals surface area contributed by atoms with Gasteiger partial charge in [0.2, 0.25) is 0 Å². The number of para-hydroxylation sites is 1. The number of hydrogen-bond donors (Lipinski definition) is 1. The summed E-state index contributed by atoms with van der Waals surface area (Å²) in [5, 5.41) is 13.4. The number of carbonyl (C=O) groups is 1. The fraction of sp³-hybridized carbons (Fsp3) is 0.120. The summed E-state index contributed by atoms with van der Waals surface area (Å²) in [6.07, 6.45) is 1.63. The molecule has 3 aromatic carbocycles. The van der Waals surface area contributed by atoms with Crippen LogP contribution >= 0.6 is 11.8 Å². The summed E-state index contributed by atoms with van der Waals surface area (Å²) in [7, 11) is 1.63. The Kier molecular flexibility index (Phi) is 7.16. The number of methoxy groups -OCH3 is 1. The van der Waals surface area contributed by atoms with Crippen LogP contribution in [0.25, 0.3) is 17.1 Å². The summed E-state index contributed by atoms with van der Waals surface area (Å²) >= 11 is 1.30. The van der Waals surface area contributed by atoms with E-state index < -0.39 is 0 Å². The maximum absolute atomic E-state index is 12.4. The lowest BCUT2D eigenvalue weighted by atomic mass is 10.2. The van der Waals surface area contributed by atoms with Crippen LogP contribution in [0.1, 0.15) is 11.1 Å². The van der Waals surface area contributed by atoms with E-state index in [4.69, 9.17) is 4.74 Å². The van der Waals surface area contributed by atoms with Crippen molar-refractivity contribution >= 4 is 23.9 Å². The van der Waals surface area contributed by atoms with Crippen molar-refractivity contribution in [2.45, 2.75) is 12.1 Å². The number of hydrogen-bond acceptors (Lipinski definition) is 6. The van der Waals surface area contributed by atoms with Gasteiger partial charge in [-0.2, -0.15) is 5.10 Å². The molecule has 1 amide bonds. The highest BCUT2D eigenvalue weighted by molar-refractivity contribution is 7.99. The fourth-order valence-corrected chi connectivity index (χ4v) is 3.94. The highest BCUT2D eigenvalue weighted by Gasteiger charge is 2.17. The van der Waals surface area contributed by atoms with Crippen molar-refractivity contribution in [1.82, 2.24) is 20.2 Å². The van der Waals surface area contributed by atoms with Gasteiger partial charge in [-0.1, -0.05) is 59.8 Å². The zero-order valence-corrected chi connectivity index (χ0v) is 19.1. The van der Waals surface area contributed by atoms with Gasteiger partial charge in [0, 0.05) is 11.3 Å². The minimum Gasteiger partial charge on any atom is -0.497 e. The number of benzene rings is 3. The summed E-state index contributed by atoms with van der Waals surface area (Å²) in [5.41, 5.74) is 6.43. The van der Waals surface area contributed by atoms with Crippen LogP contribution in [0.15, 0.2) is 89.1 Å². The van der Waals surface area contributed by atoms with Gasteiger partial charge >= 0.3 is 0 Å². The molecular weight excluding hydrogens is 434 g/mol. The molecule has 0 radical (unpaired) electrons. The number of rotatable bonds is 8. The van der Waals surface area contributed by atoms with Crippen molar-refractivity contribution in [3.63, 3.8) is 0 Å². The molecule has 0 atom stereocenters. The summed E-state index contributed by atoms with van der Waals surface area (Å²) < 4.78 is 7.19. The summed E-state index contributed by atoms with van der Waals surface area (Å²) in [6.45, 7) is 2.01. The van der Waals surface area contributed by atoms with Crippen LogP contribution < -0.4 is 10.2 Å². The Morgan fingerprint density at radius 1 is 1.06 bits per heavy atom. The summed E-state index contributed by atoms with van der Waals surface area (Å²) in [5.74, 6) is 1.38. The Labute approximate surface area is 196 Å². The molecule has 0 bridgehead atoms. The van der Waals surface area contributed by atoms with Gasteiger partial charge in [-0.15, -0.1) is 10.2 Å². The topological polar surface area (TPSA) is 81.4 Å². The van der Waals surface area contributed by atoms with Crippen molar-refractivity contribution in [3.8, 4) is 22.8 Å². The first-order valence-corrected chi connectivity index (χ1v) is 11.3. The van der Waals surface area contributed by atoms with E-state index in [1.807, 2.05) is 90.4 Å². The van der Waals surface area contributed by atoms with Gasteiger partial charge in [0.05, 0.1) is 19.1 Å². The molecule has 8 heteroatoms. The van der Waals surface area contributed by atoms with Crippen LogP contribution in [0, 0.1) is 6.92 Å². The molecule has 0 unspecified atom stereocenters. The average molecular weight is 458 g/mol. The highest BCUT2D eigenvalue weighted by atomic mass is 32.2. The molecule has 7 nitrogen and oxygen atoms in total. The Morgan fingerprint density at radius 2 is 1.85 bits per heavy atom. The van der Waals surface area contributed by atoms with Crippen LogP contribution in [0.4, 0.5) is 0 Å². The first kappa shape index (κ1) is 22.3. The zero-order valence-electron chi connectivity index (χ0n) is 18.3. The van der Waals surface area contributed by atoms with Crippen LogP contribution in [0.5, 0.6) is 5.75 Å². The number of hydrazone groups is 1. The minimum absolute atomic E-state index is 0.152. The predicted molar refractivity (Wildman–Crippen MR) is 131 cm³/mol. The number of aryl methyl sites for hydroxylation is 1. The molecule has 1 N–H and O–H groups in total. The molecule has 1 aromatic heterocycles.